The average Bonchev–Trinajstić information content (AvgIpc) is 3.32. The van der Waals surface area contributed by atoms with Gasteiger partial charge >= 0.3 is 4.87 Å². The van der Waals surface area contributed by atoms with Gasteiger partial charge in [0.2, 0.25) is 9.84 Å². The summed E-state index contributed by atoms with van der Waals surface area (Å²) in [5, 5.41) is 3.78. The minimum absolute atomic E-state index is 0.0456. The standard InChI is InChI=1S/C20H15N5O3S2/c1-11-2-5-13(6-3-11)30(27,28)17-9-14-18(21-10-22-19(14)25-17)23-12-4-7-15-16(8-12)29-20(26)24-15/h2-10H,1H3,(H,24,26)(H2,21,22,23,25). The van der Waals surface area contributed by atoms with E-state index >= 15 is 0 Å². The smallest absolute Gasteiger partial charge is 0.305 e. The van der Waals surface area contributed by atoms with E-state index < -0.39 is 9.84 Å². The number of aromatic amines is 2. The van der Waals surface area contributed by atoms with Crippen LogP contribution in [0.5, 0.6) is 0 Å². The highest BCUT2D eigenvalue weighted by atomic mass is 32.2. The zero-order chi connectivity index (χ0) is 20.9. The van der Waals surface area contributed by atoms with Crippen LogP contribution in [0.25, 0.3) is 21.3 Å². The lowest BCUT2D eigenvalue weighted by Gasteiger charge is -2.06. The summed E-state index contributed by atoms with van der Waals surface area (Å²) < 4.78 is 26.8. The van der Waals surface area contributed by atoms with Crippen molar-refractivity contribution >= 4 is 53.9 Å². The van der Waals surface area contributed by atoms with Gasteiger partial charge in [-0.25, -0.2) is 18.4 Å². The minimum Gasteiger partial charge on any atom is -0.340 e. The Labute approximate surface area is 174 Å². The number of anilines is 2. The first-order chi connectivity index (χ1) is 14.4. The van der Waals surface area contributed by atoms with Gasteiger partial charge in [-0.05, 0) is 43.3 Å². The van der Waals surface area contributed by atoms with Crippen molar-refractivity contribution in [3.05, 3.63) is 70.1 Å². The molecule has 0 aliphatic carbocycles. The van der Waals surface area contributed by atoms with E-state index in [1.165, 1.54) is 12.4 Å². The number of fused-ring (bicyclic) bond motifs is 2. The van der Waals surface area contributed by atoms with E-state index in [0.717, 1.165) is 32.8 Å². The molecule has 0 aliphatic rings. The molecule has 0 aliphatic heterocycles. The average molecular weight is 438 g/mol. The number of aryl methyl sites for hydroxylation is 1. The van der Waals surface area contributed by atoms with Crippen molar-refractivity contribution in [3.8, 4) is 0 Å². The number of hydrogen-bond acceptors (Lipinski definition) is 7. The molecule has 8 nitrogen and oxygen atoms in total. The quantitative estimate of drug-likeness (QED) is 0.394. The predicted octanol–water partition coefficient (Wildman–Crippen LogP) is 3.75. The Morgan fingerprint density at radius 3 is 2.60 bits per heavy atom. The summed E-state index contributed by atoms with van der Waals surface area (Å²) in [6.07, 6.45) is 1.36. The van der Waals surface area contributed by atoms with Crippen molar-refractivity contribution in [2.24, 2.45) is 0 Å². The van der Waals surface area contributed by atoms with Crippen molar-refractivity contribution in [3.63, 3.8) is 0 Å². The highest BCUT2D eigenvalue weighted by Gasteiger charge is 2.21. The lowest BCUT2D eigenvalue weighted by molar-refractivity contribution is 0.593. The van der Waals surface area contributed by atoms with Crippen LogP contribution >= 0.6 is 11.3 Å². The van der Waals surface area contributed by atoms with Crippen LogP contribution in [-0.4, -0.2) is 28.4 Å². The molecule has 5 rings (SSSR count). The summed E-state index contributed by atoms with van der Waals surface area (Å²) in [4.78, 5) is 25.7. The first kappa shape index (κ1) is 18.5. The zero-order valence-electron chi connectivity index (χ0n) is 15.6. The number of rotatable bonds is 4. The number of aromatic nitrogens is 4. The van der Waals surface area contributed by atoms with E-state index in [1.54, 1.807) is 30.3 Å². The Balaban J connectivity index is 1.56. The molecule has 30 heavy (non-hydrogen) atoms. The molecule has 3 N–H and O–H groups in total. The largest absolute Gasteiger partial charge is 0.340 e. The number of hydrogen-bond donors (Lipinski definition) is 3. The maximum atomic E-state index is 13.0. The fraction of sp³-hybridized carbons (Fsp3) is 0.0500. The van der Waals surface area contributed by atoms with Crippen LogP contribution in [0, 0.1) is 6.92 Å². The van der Waals surface area contributed by atoms with Crippen LogP contribution in [0.4, 0.5) is 11.5 Å². The lowest BCUT2D eigenvalue weighted by atomic mass is 10.2. The number of sulfone groups is 1. The van der Waals surface area contributed by atoms with Gasteiger partial charge in [0.05, 0.1) is 20.5 Å². The molecule has 10 heteroatoms. The normalized spacial score (nSPS) is 11.9. The molecule has 0 saturated carbocycles. The predicted molar refractivity (Wildman–Crippen MR) is 116 cm³/mol. The van der Waals surface area contributed by atoms with Crippen molar-refractivity contribution in [1.29, 1.82) is 0 Å². The Bertz CT molecular complexity index is 1560. The monoisotopic (exact) mass is 437 g/mol. The van der Waals surface area contributed by atoms with E-state index in [2.05, 4.69) is 25.3 Å². The highest BCUT2D eigenvalue weighted by Crippen LogP contribution is 2.29. The van der Waals surface area contributed by atoms with Crippen LogP contribution < -0.4 is 10.2 Å². The van der Waals surface area contributed by atoms with E-state index in [9.17, 15) is 13.2 Å². The van der Waals surface area contributed by atoms with Crippen LogP contribution in [0.3, 0.4) is 0 Å². The van der Waals surface area contributed by atoms with Gasteiger partial charge in [-0.3, -0.25) is 4.79 Å². The van der Waals surface area contributed by atoms with Crippen molar-refractivity contribution < 1.29 is 8.42 Å². The maximum Gasteiger partial charge on any atom is 0.305 e. The third kappa shape index (κ3) is 3.15. The van der Waals surface area contributed by atoms with Gasteiger partial charge in [0.25, 0.3) is 0 Å². The molecule has 0 unspecified atom stereocenters. The fourth-order valence-corrected chi connectivity index (χ4v) is 5.19. The van der Waals surface area contributed by atoms with Gasteiger partial charge in [-0.15, -0.1) is 0 Å². The second kappa shape index (κ2) is 6.78. The molecule has 0 fully saturated rings. The van der Waals surface area contributed by atoms with Crippen molar-refractivity contribution in [2.45, 2.75) is 16.8 Å². The summed E-state index contributed by atoms with van der Waals surface area (Å²) in [6.45, 7) is 1.90. The lowest BCUT2D eigenvalue weighted by Crippen LogP contribution is -2.02. The first-order valence-electron chi connectivity index (χ1n) is 8.95. The highest BCUT2D eigenvalue weighted by molar-refractivity contribution is 7.91. The molecule has 3 aromatic heterocycles. The number of thiazole rings is 1. The number of nitrogens with zero attached hydrogens (tertiary/aromatic N) is 2. The molecule has 0 radical (unpaired) electrons. The molecule has 0 saturated heterocycles. The molecule has 0 bridgehead atoms. The SMILES string of the molecule is Cc1ccc(S(=O)(=O)c2cc3c(Nc4ccc5[nH]c(=O)sc5c4)ncnc3[nH]2)cc1. The van der Waals surface area contributed by atoms with Gasteiger partial charge in [0.1, 0.15) is 22.8 Å². The maximum absolute atomic E-state index is 13.0. The van der Waals surface area contributed by atoms with Gasteiger partial charge in [-0.1, -0.05) is 29.0 Å². The number of H-pyrrole nitrogens is 2. The van der Waals surface area contributed by atoms with Crippen LogP contribution in [0.15, 0.2) is 69.6 Å². The third-order valence-corrected chi connectivity index (χ3v) is 7.24. The molecular formula is C20H15N5O3S2. The molecule has 0 amide bonds. The molecule has 150 valence electrons. The van der Waals surface area contributed by atoms with Crippen LogP contribution in [0.1, 0.15) is 5.56 Å². The molecule has 0 spiro atoms. The Kier molecular flexibility index (Phi) is 4.19. The van der Waals surface area contributed by atoms with Crippen molar-refractivity contribution in [1.82, 2.24) is 19.9 Å². The second-order valence-corrected chi connectivity index (χ2v) is 9.72. The van der Waals surface area contributed by atoms with Crippen LogP contribution in [-0.2, 0) is 9.84 Å². The molecule has 3 heterocycles. The van der Waals surface area contributed by atoms with E-state index in [1.807, 2.05) is 19.1 Å². The Hall–Kier alpha value is -3.50. The van der Waals surface area contributed by atoms with E-state index in [0.29, 0.717) is 16.9 Å². The van der Waals surface area contributed by atoms with E-state index in [-0.39, 0.29) is 14.8 Å². The molecule has 5 aromatic rings. The van der Waals surface area contributed by atoms with Crippen LogP contribution in [0.2, 0.25) is 0 Å². The molecule has 0 atom stereocenters. The topological polar surface area (TPSA) is 121 Å². The van der Waals surface area contributed by atoms with Gasteiger partial charge in [0, 0.05) is 5.69 Å². The zero-order valence-corrected chi connectivity index (χ0v) is 17.3. The summed E-state index contributed by atoms with van der Waals surface area (Å²) >= 11 is 1.12. The van der Waals surface area contributed by atoms with E-state index in [4.69, 9.17) is 0 Å². The second-order valence-electron chi connectivity index (χ2n) is 6.79. The van der Waals surface area contributed by atoms with Gasteiger partial charge < -0.3 is 15.3 Å². The summed E-state index contributed by atoms with van der Waals surface area (Å²) in [6, 6.07) is 13.7. The molecular weight excluding hydrogens is 422 g/mol. The number of nitrogens with one attached hydrogen (secondary N) is 3. The Morgan fingerprint density at radius 1 is 1.00 bits per heavy atom. The Morgan fingerprint density at radius 2 is 1.80 bits per heavy atom. The first-order valence-corrected chi connectivity index (χ1v) is 11.3. The summed E-state index contributed by atoms with van der Waals surface area (Å²) in [5.41, 5.74) is 2.87. The number of benzene rings is 2. The summed E-state index contributed by atoms with van der Waals surface area (Å²) in [5.74, 6) is 0.462. The summed E-state index contributed by atoms with van der Waals surface area (Å²) in [7, 11) is -3.72. The van der Waals surface area contributed by atoms with Gasteiger partial charge in [-0.2, -0.15) is 0 Å². The fourth-order valence-electron chi connectivity index (χ4n) is 3.16. The molecule has 2 aromatic carbocycles. The third-order valence-electron chi connectivity index (χ3n) is 4.71. The van der Waals surface area contributed by atoms with Gasteiger partial charge in [0.15, 0.2) is 0 Å². The van der Waals surface area contributed by atoms with Crippen molar-refractivity contribution in [2.75, 3.05) is 5.32 Å². The minimum atomic E-state index is -3.72.